The van der Waals surface area contributed by atoms with Crippen LogP contribution in [0.5, 0.6) is 0 Å². The summed E-state index contributed by atoms with van der Waals surface area (Å²) >= 11 is 0.498. The lowest BCUT2D eigenvalue weighted by Gasteiger charge is -2.30. The van der Waals surface area contributed by atoms with E-state index in [1.807, 2.05) is 12.1 Å². The fourth-order valence-electron chi connectivity index (χ4n) is 2.89. The molecule has 7 heteroatoms. The van der Waals surface area contributed by atoms with Crippen molar-refractivity contribution >= 4 is 29.0 Å². The fourth-order valence-corrected chi connectivity index (χ4v) is 3.39. The Morgan fingerprint density at radius 2 is 1.77 bits per heavy atom. The smallest absolute Gasteiger partial charge is 0.288 e. The molecular weight excluding hydrogens is 358 g/mol. The predicted octanol–water partition coefficient (Wildman–Crippen LogP) is 4.34. The van der Waals surface area contributed by atoms with Gasteiger partial charge in [-0.25, -0.2) is 0 Å². The monoisotopic (exact) mass is 378 g/mol. The molecule has 0 spiro atoms. The van der Waals surface area contributed by atoms with E-state index < -0.39 is 5.76 Å². The summed E-state index contributed by atoms with van der Waals surface area (Å²) in [6, 6.07) is 13.9. The van der Waals surface area contributed by atoms with Crippen LogP contribution in [-0.2, 0) is 0 Å². The molecule has 1 amide bonds. The highest BCUT2D eigenvalue weighted by Crippen LogP contribution is 2.28. The number of alkyl halides is 2. The van der Waals surface area contributed by atoms with Crippen LogP contribution in [0, 0.1) is 0 Å². The maximum Gasteiger partial charge on any atom is 0.288 e. The van der Waals surface area contributed by atoms with Gasteiger partial charge in [0.25, 0.3) is 11.7 Å². The summed E-state index contributed by atoms with van der Waals surface area (Å²) in [6.07, 6.45) is 0.840. The molecule has 2 aromatic rings. The molecule has 0 bridgehead atoms. The summed E-state index contributed by atoms with van der Waals surface area (Å²) in [4.78, 5) is 15.0. The summed E-state index contributed by atoms with van der Waals surface area (Å²) < 4.78 is 24.8. The first kappa shape index (κ1) is 18.7. The summed E-state index contributed by atoms with van der Waals surface area (Å²) in [5.41, 5.74) is 1.94. The van der Waals surface area contributed by atoms with Crippen LogP contribution in [0.1, 0.15) is 23.2 Å². The Hall–Kier alpha value is -2.12. The van der Waals surface area contributed by atoms with Gasteiger partial charge in [0, 0.05) is 23.7 Å². The van der Waals surface area contributed by atoms with Gasteiger partial charge in [-0.1, -0.05) is 23.9 Å². The Balaban J connectivity index is 1.74. The fraction of sp³-hybridized carbons (Fsp3) is 0.316. The third-order valence-corrected chi connectivity index (χ3v) is 4.99. The van der Waals surface area contributed by atoms with Gasteiger partial charge in [0.1, 0.15) is 0 Å². The van der Waals surface area contributed by atoms with Gasteiger partial charge < -0.3 is 15.3 Å². The molecule has 1 aliphatic rings. The molecule has 0 radical (unpaired) electrons. The van der Waals surface area contributed by atoms with Crippen molar-refractivity contribution in [3.8, 4) is 0 Å². The van der Waals surface area contributed by atoms with E-state index in [2.05, 4.69) is 5.32 Å². The van der Waals surface area contributed by atoms with E-state index in [0.29, 0.717) is 53.8 Å². The highest BCUT2D eigenvalue weighted by atomic mass is 32.2. The molecule has 2 aromatic carbocycles. The second kappa shape index (κ2) is 8.51. The van der Waals surface area contributed by atoms with Gasteiger partial charge in [0.15, 0.2) is 0 Å². The van der Waals surface area contributed by atoms with E-state index in [-0.39, 0.29) is 12.0 Å². The number of anilines is 2. The van der Waals surface area contributed by atoms with Crippen molar-refractivity contribution in [3.05, 3.63) is 54.1 Å². The number of amides is 1. The number of likely N-dealkylation sites (tertiary alicyclic amines) is 1. The molecule has 4 nitrogen and oxygen atoms in total. The van der Waals surface area contributed by atoms with Crippen LogP contribution >= 0.6 is 11.8 Å². The lowest BCUT2D eigenvalue weighted by molar-refractivity contribution is 0.0547. The first-order chi connectivity index (χ1) is 12.5. The third kappa shape index (κ3) is 4.74. The quantitative estimate of drug-likeness (QED) is 0.760. The van der Waals surface area contributed by atoms with Gasteiger partial charge in [0.2, 0.25) is 0 Å². The Labute approximate surface area is 155 Å². The number of aliphatic hydroxyl groups excluding tert-OH is 1. The van der Waals surface area contributed by atoms with Crippen LogP contribution in [0.2, 0.25) is 0 Å². The second-order valence-electron chi connectivity index (χ2n) is 6.10. The normalized spacial score (nSPS) is 15.3. The number of aliphatic hydroxyl groups is 1. The zero-order chi connectivity index (χ0) is 18.5. The summed E-state index contributed by atoms with van der Waals surface area (Å²) in [7, 11) is 0. The van der Waals surface area contributed by atoms with E-state index >= 15 is 0 Å². The molecule has 0 atom stereocenters. The van der Waals surface area contributed by atoms with E-state index in [1.165, 1.54) is 0 Å². The van der Waals surface area contributed by atoms with Crippen molar-refractivity contribution in [2.75, 3.05) is 18.4 Å². The standard InChI is InChI=1S/C19H20F2N2O2S/c20-19(21)26-15-7-5-13(6-8-15)22-17-4-2-1-3-16(17)18(25)23-11-9-14(24)10-12-23/h1-8,14,19,22,24H,9-12H2. The van der Waals surface area contributed by atoms with Crippen LogP contribution < -0.4 is 5.32 Å². The molecule has 2 N–H and O–H groups in total. The number of carbonyl (C=O) groups is 1. The third-order valence-electron chi connectivity index (χ3n) is 4.27. The van der Waals surface area contributed by atoms with Gasteiger partial charge in [-0.15, -0.1) is 0 Å². The van der Waals surface area contributed by atoms with E-state index in [0.717, 1.165) is 5.69 Å². The lowest BCUT2D eigenvalue weighted by atomic mass is 10.1. The highest BCUT2D eigenvalue weighted by molar-refractivity contribution is 7.99. The van der Waals surface area contributed by atoms with Gasteiger partial charge in [-0.3, -0.25) is 4.79 Å². The van der Waals surface area contributed by atoms with Crippen molar-refractivity contribution in [2.24, 2.45) is 0 Å². The SMILES string of the molecule is O=C(c1ccccc1Nc1ccc(SC(F)F)cc1)N1CCC(O)CC1. The number of hydrogen-bond donors (Lipinski definition) is 2. The Kier molecular flexibility index (Phi) is 6.11. The van der Waals surface area contributed by atoms with Crippen molar-refractivity contribution in [2.45, 2.75) is 29.6 Å². The Morgan fingerprint density at radius 3 is 2.42 bits per heavy atom. The van der Waals surface area contributed by atoms with E-state index in [1.54, 1.807) is 41.3 Å². The van der Waals surface area contributed by atoms with Crippen LogP contribution in [-0.4, -0.2) is 40.9 Å². The van der Waals surface area contributed by atoms with Gasteiger partial charge in [-0.2, -0.15) is 8.78 Å². The maximum atomic E-state index is 12.8. The Bertz CT molecular complexity index is 747. The van der Waals surface area contributed by atoms with Crippen molar-refractivity contribution < 1.29 is 18.7 Å². The van der Waals surface area contributed by atoms with Gasteiger partial charge >= 0.3 is 0 Å². The largest absolute Gasteiger partial charge is 0.393 e. The minimum Gasteiger partial charge on any atom is -0.393 e. The number of nitrogens with one attached hydrogen (secondary N) is 1. The molecule has 0 saturated carbocycles. The average Bonchev–Trinajstić information content (AvgIpc) is 2.63. The van der Waals surface area contributed by atoms with Crippen molar-refractivity contribution in [1.82, 2.24) is 4.90 Å². The highest BCUT2D eigenvalue weighted by Gasteiger charge is 2.23. The molecule has 1 fully saturated rings. The van der Waals surface area contributed by atoms with E-state index in [4.69, 9.17) is 0 Å². The number of para-hydroxylation sites is 1. The summed E-state index contributed by atoms with van der Waals surface area (Å²) in [5, 5.41) is 12.8. The average molecular weight is 378 g/mol. The first-order valence-corrected chi connectivity index (χ1v) is 9.29. The van der Waals surface area contributed by atoms with Crippen molar-refractivity contribution in [1.29, 1.82) is 0 Å². The number of benzene rings is 2. The van der Waals surface area contributed by atoms with Gasteiger partial charge in [0.05, 0.1) is 17.4 Å². The number of carbonyl (C=O) groups excluding carboxylic acids is 1. The number of thioether (sulfide) groups is 1. The zero-order valence-electron chi connectivity index (χ0n) is 14.1. The molecule has 0 unspecified atom stereocenters. The van der Waals surface area contributed by atoms with Crippen LogP contribution in [0.25, 0.3) is 0 Å². The van der Waals surface area contributed by atoms with Gasteiger partial charge in [-0.05, 0) is 49.2 Å². The number of hydrogen-bond acceptors (Lipinski definition) is 4. The number of rotatable bonds is 5. The van der Waals surface area contributed by atoms with Crippen molar-refractivity contribution in [3.63, 3.8) is 0 Å². The predicted molar refractivity (Wildman–Crippen MR) is 99.2 cm³/mol. The van der Waals surface area contributed by atoms with Crippen LogP contribution in [0.3, 0.4) is 0 Å². The minimum absolute atomic E-state index is 0.0788. The molecule has 138 valence electrons. The second-order valence-corrected chi connectivity index (χ2v) is 7.16. The van der Waals surface area contributed by atoms with Crippen LogP contribution in [0.15, 0.2) is 53.4 Å². The lowest BCUT2D eigenvalue weighted by Crippen LogP contribution is -2.40. The summed E-state index contributed by atoms with van der Waals surface area (Å²) in [5.74, 6) is -2.53. The molecular formula is C19H20F2N2O2S. The van der Waals surface area contributed by atoms with Crippen LogP contribution in [0.4, 0.5) is 20.2 Å². The summed E-state index contributed by atoms with van der Waals surface area (Å²) in [6.45, 7) is 1.07. The maximum absolute atomic E-state index is 12.8. The zero-order valence-corrected chi connectivity index (χ0v) is 14.9. The van der Waals surface area contributed by atoms with E-state index in [9.17, 15) is 18.7 Å². The molecule has 1 saturated heterocycles. The first-order valence-electron chi connectivity index (χ1n) is 8.41. The molecule has 0 aromatic heterocycles. The molecule has 26 heavy (non-hydrogen) atoms. The number of nitrogens with zero attached hydrogens (tertiary/aromatic N) is 1. The molecule has 1 aliphatic heterocycles. The molecule has 0 aliphatic carbocycles. The number of piperidine rings is 1. The molecule has 3 rings (SSSR count). The molecule has 1 heterocycles. The topological polar surface area (TPSA) is 52.6 Å². The Morgan fingerprint density at radius 1 is 1.12 bits per heavy atom. The number of halogens is 2. The minimum atomic E-state index is -2.45.